The van der Waals surface area contributed by atoms with Gasteiger partial charge in [0.05, 0.1) is 22.3 Å². The molecule has 4 rings (SSSR count). The van der Waals surface area contributed by atoms with E-state index in [-0.39, 0.29) is 29.0 Å². The predicted octanol–water partition coefficient (Wildman–Crippen LogP) is 4.42. The van der Waals surface area contributed by atoms with E-state index in [9.17, 15) is 9.59 Å². The number of hydrogen-bond acceptors (Lipinski definition) is 6. The Morgan fingerprint density at radius 2 is 2.03 bits per heavy atom. The quantitative estimate of drug-likeness (QED) is 0.368. The van der Waals surface area contributed by atoms with Crippen molar-refractivity contribution in [1.29, 1.82) is 0 Å². The van der Waals surface area contributed by atoms with E-state index in [1.54, 1.807) is 25.1 Å². The van der Waals surface area contributed by atoms with Crippen LogP contribution in [-0.2, 0) is 0 Å². The summed E-state index contributed by atoms with van der Waals surface area (Å²) in [5.41, 5.74) is 1.75. The van der Waals surface area contributed by atoms with Crippen molar-refractivity contribution >= 4 is 47.2 Å². The molecule has 4 N–H and O–H groups in total. The SMILES string of the molecule is Cc1[nH]c(C(=O)Nc2ccc(-c3n[nH]c(=O)o3)cc2OCCC2CCNCC2)c(Cl)c1Cl.Cl. The zero-order chi connectivity index (χ0) is 22.7. The fraction of sp³-hybridized carbons (Fsp3) is 0.381. The maximum absolute atomic E-state index is 12.8. The molecule has 0 radical (unpaired) electrons. The summed E-state index contributed by atoms with van der Waals surface area (Å²) in [6.45, 7) is 4.24. The van der Waals surface area contributed by atoms with Crippen LogP contribution in [0.3, 0.4) is 0 Å². The summed E-state index contributed by atoms with van der Waals surface area (Å²) < 4.78 is 11.1. The number of ether oxygens (including phenoxy) is 1. The Hall–Kier alpha value is -2.46. The van der Waals surface area contributed by atoms with E-state index in [1.807, 2.05) is 0 Å². The van der Waals surface area contributed by atoms with Crippen LogP contribution < -0.4 is 21.1 Å². The standard InChI is InChI=1S/C21H23Cl2N5O4.ClH/c1-11-16(22)17(23)18(25-11)19(29)26-14-3-2-13(20-27-28-21(30)32-20)10-15(14)31-9-6-12-4-7-24-8-5-12;/h2-3,10,12,24-25H,4-9H2,1H3,(H,26,29)(H,28,30);1H. The Morgan fingerprint density at radius 3 is 2.67 bits per heavy atom. The van der Waals surface area contributed by atoms with E-state index in [4.69, 9.17) is 32.4 Å². The smallest absolute Gasteiger partial charge is 0.434 e. The van der Waals surface area contributed by atoms with Crippen LogP contribution >= 0.6 is 35.6 Å². The average molecular weight is 517 g/mol. The summed E-state index contributed by atoms with van der Waals surface area (Å²) >= 11 is 12.3. The van der Waals surface area contributed by atoms with Crippen molar-refractivity contribution < 1.29 is 13.9 Å². The van der Waals surface area contributed by atoms with Crippen LogP contribution in [0.4, 0.5) is 5.69 Å². The molecule has 1 aromatic carbocycles. The number of nitrogens with zero attached hydrogens (tertiary/aromatic N) is 1. The van der Waals surface area contributed by atoms with Gasteiger partial charge in [0.25, 0.3) is 5.91 Å². The number of halogens is 3. The Kier molecular flexibility index (Phi) is 8.47. The number of rotatable bonds is 7. The third kappa shape index (κ3) is 5.92. The van der Waals surface area contributed by atoms with Crippen molar-refractivity contribution in [3.63, 3.8) is 0 Å². The Bertz CT molecular complexity index is 1170. The van der Waals surface area contributed by atoms with Gasteiger partial charge in [-0.1, -0.05) is 23.2 Å². The molecule has 1 aliphatic rings. The average Bonchev–Trinajstić information content (AvgIpc) is 3.34. The number of carbonyl (C=O) groups is 1. The van der Waals surface area contributed by atoms with Gasteiger partial charge in [-0.25, -0.2) is 9.89 Å². The summed E-state index contributed by atoms with van der Waals surface area (Å²) in [5, 5.41) is 12.7. The van der Waals surface area contributed by atoms with E-state index in [1.165, 1.54) is 0 Å². The Morgan fingerprint density at radius 1 is 1.27 bits per heavy atom. The van der Waals surface area contributed by atoms with Crippen LogP contribution in [0.2, 0.25) is 10.0 Å². The van der Waals surface area contributed by atoms with Gasteiger partial charge in [-0.15, -0.1) is 17.5 Å². The van der Waals surface area contributed by atoms with E-state index in [0.29, 0.717) is 40.2 Å². The maximum Gasteiger partial charge on any atom is 0.434 e. The highest BCUT2D eigenvalue weighted by molar-refractivity contribution is 6.44. The van der Waals surface area contributed by atoms with Crippen molar-refractivity contribution in [2.45, 2.75) is 26.2 Å². The molecule has 2 aromatic heterocycles. The molecule has 9 nitrogen and oxygen atoms in total. The van der Waals surface area contributed by atoms with Crippen LogP contribution in [-0.4, -0.2) is 40.8 Å². The second kappa shape index (κ2) is 11.1. The van der Waals surface area contributed by atoms with Gasteiger partial charge in [0.1, 0.15) is 11.4 Å². The lowest BCUT2D eigenvalue weighted by molar-refractivity contribution is 0.102. The number of piperidine rings is 1. The summed E-state index contributed by atoms with van der Waals surface area (Å²) in [6, 6.07) is 5.00. The van der Waals surface area contributed by atoms with Crippen molar-refractivity contribution in [2.75, 3.05) is 25.0 Å². The molecule has 0 spiro atoms. The molecule has 0 atom stereocenters. The van der Waals surface area contributed by atoms with E-state index in [0.717, 1.165) is 32.4 Å². The first-order valence-electron chi connectivity index (χ1n) is 10.3. The number of aryl methyl sites for hydroxylation is 1. The summed E-state index contributed by atoms with van der Waals surface area (Å²) in [5.74, 6) is 0.0446. The lowest BCUT2D eigenvalue weighted by Crippen LogP contribution is -2.28. The van der Waals surface area contributed by atoms with Gasteiger partial charge < -0.3 is 24.8 Å². The van der Waals surface area contributed by atoms with Gasteiger partial charge >= 0.3 is 5.76 Å². The van der Waals surface area contributed by atoms with Crippen LogP contribution in [0.5, 0.6) is 5.75 Å². The monoisotopic (exact) mass is 515 g/mol. The van der Waals surface area contributed by atoms with Gasteiger partial charge in [0, 0.05) is 11.3 Å². The highest BCUT2D eigenvalue weighted by Gasteiger charge is 2.20. The fourth-order valence-corrected chi connectivity index (χ4v) is 4.07. The molecule has 0 bridgehead atoms. The summed E-state index contributed by atoms with van der Waals surface area (Å²) in [4.78, 5) is 27.0. The van der Waals surface area contributed by atoms with Gasteiger partial charge in [0.2, 0.25) is 5.89 Å². The fourth-order valence-electron chi connectivity index (χ4n) is 3.65. The number of H-pyrrole nitrogens is 2. The molecule has 1 amide bonds. The molecule has 0 unspecified atom stereocenters. The predicted molar refractivity (Wildman–Crippen MR) is 129 cm³/mol. The number of amides is 1. The minimum Gasteiger partial charge on any atom is -0.491 e. The summed E-state index contributed by atoms with van der Waals surface area (Å²) in [7, 11) is 0. The zero-order valence-corrected chi connectivity index (χ0v) is 20.1. The lowest BCUT2D eigenvalue weighted by atomic mass is 9.95. The molecule has 3 heterocycles. The number of aromatic nitrogens is 3. The minimum absolute atomic E-state index is 0. The lowest BCUT2D eigenvalue weighted by Gasteiger charge is -2.22. The van der Waals surface area contributed by atoms with Crippen LogP contribution in [0.1, 0.15) is 35.4 Å². The number of anilines is 1. The number of carbonyl (C=O) groups excluding carboxylic acids is 1. The minimum atomic E-state index is -0.653. The first-order chi connectivity index (χ1) is 15.4. The molecular formula is C21H24Cl3N5O4. The highest BCUT2D eigenvalue weighted by atomic mass is 35.5. The van der Waals surface area contributed by atoms with E-state index >= 15 is 0 Å². The molecule has 1 saturated heterocycles. The molecule has 33 heavy (non-hydrogen) atoms. The van der Waals surface area contributed by atoms with Crippen molar-refractivity contribution in [3.8, 4) is 17.2 Å². The Balaban J connectivity index is 0.00000306. The van der Waals surface area contributed by atoms with Crippen molar-refractivity contribution in [2.24, 2.45) is 5.92 Å². The van der Waals surface area contributed by atoms with E-state index in [2.05, 4.69) is 25.8 Å². The first-order valence-corrected chi connectivity index (χ1v) is 11.1. The third-order valence-electron chi connectivity index (χ3n) is 5.44. The molecule has 3 aromatic rings. The number of nitrogens with one attached hydrogen (secondary N) is 4. The normalized spacial score (nSPS) is 14.0. The highest BCUT2D eigenvalue weighted by Crippen LogP contribution is 2.33. The number of benzene rings is 1. The zero-order valence-electron chi connectivity index (χ0n) is 17.8. The van der Waals surface area contributed by atoms with Gasteiger partial charge in [-0.3, -0.25) is 4.79 Å². The van der Waals surface area contributed by atoms with Crippen molar-refractivity contribution in [3.05, 3.63) is 50.2 Å². The van der Waals surface area contributed by atoms with E-state index < -0.39 is 11.7 Å². The van der Waals surface area contributed by atoms with Crippen LogP contribution in [0.25, 0.3) is 11.5 Å². The summed E-state index contributed by atoms with van der Waals surface area (Å²) in [6.07, 6.45) is 3.11. The second-order valence-corrected chi connectivity index (χ2v) is 8.42. The van der Waals surface area contributed by atoms with Gasteiger partial charge in [0.15, 0.2) is 0 Å². The molecule has 12 heteroatoms. The third-order valence-corrected chi connectivity index (χ3v) is 6.39. The largest absolute Gasteiger partial charge is 0.491 e. The molecule has 1 fully saturated rings. The number of hydrogen-bond donors (Lipinski definition) is 4. The molecule has 1 aliphatic heterocycles. The molecule has 0 aliphatic carbocycles. The Labute approximate surface area is 206 Å². The van der Waals surface area contributed by atoms with Gasteiger partial charge in [-0.2, -0.15) is 0 Å². The second-order valence-electron chi connectivity index (χ2n) is 7.67. The molecule has 0 saturated carbocycles. The maximum atomic E-state index is 12.8. The van der Waals surface area contributed by atoms with Crippen molar-refractivity contribution in [1.82, 2.24) is 20.5 Å². The van der Waals surface area contributed by atoms with Gasteiger partial charge in [-0.05, 0) is 63.4 Å². The molecular weight excluding hydrogens is 493 g/mol. The first kappa shape index (κ1) is 25.2. The number of aromatic amines is 2. The van der Waals surface area contributed by atoms with Crippen LogP contribution in [0, 0.1) is 12.8 Å². The molecule has 178 valence electrons. The topological polar surface area (TPSA) is 125 Å². The van der Waals surface area contributed by atoms with Crippen LogP contribution in [0.15, 0.2) is 27.4 Å².